The predicted octanol–water partition coefficient (Wildman–Crippen LogP) is 0.441. The molecule has 2 rings (SSSR count). The molecule has 2 aromatic heterocycles. The van der Waals surface area contributed by atoms with E-state index in [1.807, 2.05) is 18.8 Å². The highest BCUT2D eigenvalue weighted by atomic mass is 35.5. The molecule has 0 aliphatic heterocycles. The molecular formula is C12H18ClN7. The monoisotopic (exact) mass is 295 g/mol. The van der Waals surface area contributed by atoms with E-state index in [2.05, 4.69) is 25.4 Å². The van der Waals surface area contributed by atoms with Gasteiger partial charge < -0.3 is 4.90 Å². The van der Waals surface area contributed by atoms with E-state index in [1.165, 1.54) is 0 Å². The minimum atomic E-state index is -0.395. The fourth-order valence-corrected chi connectivity index (χ4v) is 2.12. The standard InChI is InChI=1S/C12H18ClN7/c1-19(2)6-7-20-11(9(13)8-17-20)10(18-14)12-15-4-3-5-16-12/h3-5,8,10,18H,6-7,14H2,1-2H3. The molecule has 2 heterocycles. The lowest BCUT2D eigenvalue weighted by Crippen LogP contribution is -2.33. The molecule has 0 aromatic carbocycles. The number of likely N-dealkylation sites (N-methyl/N-ethyl adjacent to an activating group) is 1. The lowest BCUT2D eigenvalue weighted by Gasteiger charge is -2.18. The second-order valence-corrected chi connectivity index (χ2v) is 5.02. The summed E-state index contributed by atoms with van der Waals surface area (Å²) in [5.41, 5.74) is 3.47. The van der Waals surface area contributed by atoms with Gasteiger partial charge in [-0.15, -0.1) is 0 Å². The van der Waals surface area contributed by atoms with Crippen molar-refractivity contribution in [2.75, 3.05) is 20.6 Å². The quantitative estimate of drug-likeness (QED) is 0.594. The smallest absolute Gasteiger partial charge is 0.152 e. The van der Waals surface area contributed by atoms with Crippen LogP contribution in [0.2, 0.25) is 5.02 Å². The fraction of sp³-hybridized carbons (Fsp3) is 0.417. The van der Waals surface area contributed by atoms with Gasteiger partial charge in [0.05, 0.1) is 23.5 Å². The minimum absolute atomic E-state index is 0.395. The Morgan fingerprint density at radius 1 is 1.40 bits per heavy atom. The zero-order chi connectivity index (χ0) is 14.5. The van der Waals surface area contributed by atoms with Crippen LogP contribution in [-0.2, 0) is 6.54 Å². The van der Waals surface area contributed by atoms with E-state index >= 15 is 0 Å². The number of hydrogen-bond acceptors (Lipinski definition) is 6. The number of hydrazine groups is 1. The van der Waals surface area contributed by atoms with Crippen LogP contribution in [0.3, 0.4) is 0 Å². The molecule has 0 saturated carbocycles. The summed E-state index contributed by atoms with van der Waals surface area (Å²) < 4.78 is 1.82. The number of nitrogens with two attached hydrogens (primary N) is 1. The molecule has 7 nitrogen and oxygen atoms in total. The zero-order valence-electron chi connectivity index (χ0n) is 11.5. The molecular weight excluding hydrogens is 278 g/mol. The molecule has 108 valence electrons. The van der Waals surface area contributed by atoms with Crippen molar-refractivity contribution in [3.8, 4) is 0 Å². The van der Waals surface area contributed by atoms with Crippen LogP contribution in [0.25, 0.3) is 0 Å². The summed E-state index contributed by atoms with van der Waals surface area (Å²) in [5, 5.41) is 4.83. The summed E-state index contributed by atoms with van der Waals surface area (Å²) in [4.78, 5) is 10.5. The van der Waals surface area contributed by atoms with Crippen molar-refractivity contribution in [1.29, 1.82) is 0 Å². The molecule has 3 N–H and O–H groups in total. The summed E-state index contributed by atoms with van der Waals surface area (Å²) in [6.45, 7) is 1.55. The first kappa shape index (κ1) is 14.9. The van der Waals surface area contributed by atoms with Crippen LogP contribution in [0.15, 0.2) is 24.7 Å². The van der Waals surface area contributed by atoms with Crippen LogP contribution in [0.4, 0.5) is 0 Å². The van der Waals surface area contributed by atoms with Gasteiger partial charge in [-0.3, -0.25) is 10.5 Å². The van der Waals surface area contributed by atoms with Crippen LogP contribution in [-0.4, -0.2) is 45.3 Å². The Bertz CT molecular complexity index is 540. The highest BCUT2D eigenvalue weighted by molar-refractivity contribution is 6.31. The third kappa shape index (κ3) is 3.31. The number of halogens is 1. The number of aromatic nitrogens is 4. The summed E-state index contributed by atoms with van der Waals surface area (Å²) in [6.07, 6.45) is 4.95. The van der Waals surface area contributed by atoms with Gasteiger partial charge in [0.15, 0.2) is 5.82 Å². The molecule has 0 saturated heterocycles. The van der Waals surface area contributed by atoms with E-state index in [-0.39, 0.29) is 0 Å². The Kier molecular flexibility index (Phi) is 5.02. The first-order valence-corrected chi connectivity index (χ1v) is 6.60. The molecule has 0 radical (unpaired) electrons. The number of nitrogens with one attached hydrogen (secondary N) is 1. The van der Waals surface area contributed by atoms with E-state index in [0.29, 0.717) is 17.4 Å². The Morgan fingerprint density at radius 2 is 2.10 bits per heavy atom. The first-order valence-electron chi connectivity index (χ1n) is 6.22. The first-order chi connectivity index (χ1) is 9.63. The second kappa shape index (κ2) is 6.76. The van der Waals surface area contributed by atoms with Crippen LogP contribution >= 0.6 is 11.6 Å². The highest BCUT2D eigenvalue weighted by Gasteiger charge is 2.23. The maximum atomic E-state index is 6.24. The van der Waals surface area contributed by atoms with Gasteiger partial charge in [-0.25, -0.2) is 15.4 Å². The molecule has 20 heavy (non-hydrogen) atoms. The van der Waals surface area contributed by atoms with Crippen molar-refractivity contribution in [1.82, 2.24) is 30.1 Å². The Morgan fingerprint density at radius 3 is 2.70 bits per heavy atom. The van der Waals surface area contributed by atoms with E-state index in [1.54, 1.807) is 24.7 Å². The van der Waals surface area contributed by atoms with Crippen LogP contribution in [0, 0.1) is 0 Å². The SMILES string of the molecule is CN(C)CCn1ncc(Cl)c1C(NN)c1ncccn1. The molecule has 0 aliphatic rings. The molecule has 0 aliphatic carbocycles. The van der Waals surface area contributed by atoms with Crippen molar-refractivity contribution < 1.29 is 0 Å². The average molecular weight is 296 g/mol. The van der Waals surface area contributed by atoms with Crippen molar-refractivity contribution in [2.45, 2.75) is 12.6 Å². The van der Waals surface area contributed by atoms with Crippen molar-refractivity contribution in [3.63, 3.8) is 0 Å². The molecule has 1 unspecified atom stereocenters. The van der Waals surface area contributed by atoms with Crippen molar-refractivity contribution in [3.05, 3.63) is 41.2 Å². The average Bonchev–Trinajstić information content (AvgIpc) is 2.80. The summed E-state index contributed by atoms with van der Waals surface area (Å²) in [5.74, 6) is 6.21. The third-order valence-corrected chi connectivity index (χ3v) is 3.17. The molecule has 0 fully saturated rings. The van der Waals surface area contributed by atoms with Gasteiger partial charge in [-0.2, -0.15) is 5.10 Å². The third-order valence-electron chi connectivity index (χ3n) is 2.88. The minimum Gasteiger partial charge on any atom is -0.308 e. The molecule has 0 bridgehead atoms. The van der Waals surface area contributed by atoms with Gasteiger partial charge in [0.25, 0.3) is 0 Å². The van der Waals surface area contributed by atoms with Gasteiger partial charge in [-0.05, 0) is 20.2 Å². The largest absolute Gasteiger partial charge is 0.308 e. The fourth-order valence-electron chi connectivity index (χ4n) is 1.87. The number of rotatable bonds is 6. The van der Waals surface area contributed by atoms with Crippen LogP contribution in [0.1, 0.15) is 17.6 Å². The maximum absolute atomic E-state index is 6.24. The van der Waals surface area contributed by atoms with E-state index in [0.717, 1.165) is 12.2 Å². The normalized spacial score (nSPS) is 12.8. The second-order valence-electron chi connectivity index (χ2n) is 4.61. The van der Waals surface area contributed by atoms with Crippen LogP contribution < -0.4 is 11.3 Å². The van der Waals surface area contributed by atoms with E-state index in [9.17, 15) is 0 Å². The van der Waals surface area contributed by atoms with Gasteiger partial charge in [0, 0.05) is 18.9 Å². The number of hydrogen-bond donors (Lipinski definition) is 2. The zero-order valence-corrected chi connectivity index (χ0v) is 12.2. The topological polar surface area (TPSA) is 84.9 Å². The maximum Gasteiger partial charge on any atom is 0.152 e. The predicted molar refractivity (Wildman–Crippen MR) is 77.0 cm³/mol. The summed E-state index contributed by atoms with van der Waals surface area (Å²) in [6, 6.07) is 1.36. The molecule has 1 atom stereocenters. The Balaban J connectivity index is 2.32. The lowest BCUT2D eigenvalue weighted by atomic mass is 10.2. The molecule has 0 amide bonds. The highest BCUT2D eigenvalue weighted by Crippen LogP contribution is 2.25. The van der Waals surface area contributed by atoms with Gasteiger partial charge >= 0.3 is 0 Å². The molecule has 2 aromatic rings. The van der Waals surface area contributed by atoms with Crippen LogP contribution in [0.5, 0.6) is 0 Å². The van der Waals surface area contributed by atoms with Gasteiger partial charge in [0.1, 0.15) is 6.04 Å². The van der Waals surface area contributed by atoms with E-state index in [4.69, 9.17) is 17.4 Å². The van der Waals surface area contributed by atoms with Gasteiger partial charge in [0.2, 0.25) is 0 Å². The van der Waals surface area contributed by atoms with E-state index < -0.39 is 6.04 Å². The lowest BCUT2D eigenvalue weighted by molar-refractivity contribution is 0.365. The van der Waals surface area contributed by atoms with Crippen molar-refractivity contribution >= 4 is 11.6 Å². The Labute approximate surface area is 122 Å². The van der Waals surface area contributed by atoms with Gasteiger partial charge in [-0.1, -0.05) is 11.6 Å². The summed E-state index contributed by atoms with van der Waals surface area (Å²) in [7, 11) is 4.01. The molecule has 8 heteroatoms. The number of nitrogens with zero attached hydrogens (tertiary/aromatic N) is 5. The molecule has 0 spiro atoms. The Hall–Kier alpha value is -1.54. The van der Waals surface area contributed by atoms with Crippen molar-refractivity contribution in [2.24, 2.45) is 5.84 Å². The summed E-state index contributed by atoms with van der Waals surface area (Å²) >= 11 is 6.24.